The lowest BCUT2D eigenvalue weighted by Gasteiger charge is -2.48. The van der Waals surface area contributed by atoms with Crippen LogP contribution in [0.25, 0.3) is 0 Å². The van der Waals surface area contributed by atoms with Crippen molar-refractivity contribution in [2.24, 2.45) is 11.3 Å². The number of anilines is 1. The molecule has 12 heteroatoms. The van der Waals surface area contributed by atoms with Gasteiger partial charge in [0.25, 0.3) is 5.91 Å². The molecule has 10 nitrogen and oxygen atoms in total. The molecule has 2 saturated heterocycles. The Morgan fingerprint density at radius 3 is 2.50 bits per heavy atom. The Morgan fingerprint density at radius 2 is 1.73 bits per heavy atom. The molecule has 1 saturated carbocycles. The molecular formula is C32H47FN6O4S. The van der Waals surface area contributed by atoms with Gasteiger partial charge in [-0.2, -0.15) is 8.42 Å². The number of benzene rings is 2. The van der Waals surface area contributed by atoms with E-state index in [0.29, 0.717) is 42.0 Å². The normalized spacial score (nSPS) is 24.4. The summed E-state index contributed by atoms with van der Waals surface area (Å²) in [6, 6.07) is 13.5. The molecule has 3 fully saturated rings. The number of hydrazine groups is 1. The zero-order chi connectivity index (χ0) is 30.8. The number of carbonyl (C=O) groups is 1. The summed E-state index contributed by atoms with van der Waals surface area (Å²) in [4.78, 5) is 12.8. The summed E-state index contributed by atoms with van der Waals surface area (Å²) in [5.74, 6) is 0.247. The van der Waals surface area contributed by atoms with Crippen LogP contribution in [0, 0.1) is 11.3 Å². The number of hydrogen-bond donors (Lipinski definition) is 6. The average Bonchev–Trinajstić information content (AvgIpc) is 3.48. The van der Waals surface area contributed by atoms with Crippen LogP contribution in [0.15, 0.2) is 48.5 Å². The van der Waals surface area contributed by atoms with Crippen LogP contribution < -0.4 is 36.3 Å². The van der Waals surface area contributed by atoms with E-state index in [4.69, 9.17) is 0 Å². The van der Waals surface area contributed by atoms with Crippen LogP contribution in [0.5, 0.6) is 5.75 Å². The molecule has 1 aliphatic carbocycles. The third-order valence-electron chi connectivity index (χ3n) is 9.37. The summed E-state index contributed by atoms with van der Waals surface area (Å²) in [5.41, 5.74) is 9.47. The Balaban J connectivity index is 1.10. The maximum atomic E-state index is 12.8. The van der Waals surface area contributed by atoms with Gasteiger partial charge in [0.1, 0.15) is 5.75 Å². The molecule has 5 rings (SSSR count). The van der Waals surface area contributed by atoms with Gasteiger partial charge in [0, 0.05) is 30.9 Å². The van der Waals surface area contributed by atoms with Crippen LogP contribution >= 0.6 is 0 Å². The predicted molar refractivity (Wildman–Crippen MR) is 170 cm³/mol. The summed E-state index contributed by atoms with van der Waals surface area (Å²) >= 11 is 0. The van der Waals surface area contributed by atoms with E-state index in [9.17, 15) is 17.1 Å². The molecule has 1 amide bonds. The van der Waals surface area contributed by atoms with E-state index in [2.05, 4.69) is 36.3 Å². The number of halogens is 1. The molecule has 0 bridgehead atoms. The highest BCUT2D eigenvalue weighted by atomic mass is 32.3. The lowest BCUT2D eigenvalue weighted by molar-refractivity contribution is 0.0479. The summed E-state index contributed by atoms with van der Waals surface area (Å²) in [6.45, 7) is 3.15. The van der Waals surface area contributed by atoms with Crippen molar-refractivity contribution in [1.29, 1.82) is 0 Å². The number of hydrogen-bond acceptors (Lipinski definition) is 9. The van der Waals surface area contributed by atoms with Crippen molar-refractivity contribution in [1.82, 2.24) is 26.8 Å². The lowest BCUT2D eigenvalue weighted by Crippen LogP contribution is -2.56. The van der Waals surface area contributed by atoms with Crippen molar-refractivity contribution in [3.05, 3.63) is 59.7 Å². The maximum absolute atomic E-state index is 12.8. The third-order valence-corrected chi connectivity index (χ3v) is 9.76. The van der Waals surface area contributed by atoms with Crippen molar-refractivity contribution < 1.29 is 21.3 Å². The molecule has 3 atom stereocenters. The fourth-order valence-corrected chi connectivity index (χ4v) is 7.49. The highest BCUT2D eigenvalue weighted by Gasteiger charge is 2.45. The second-order valence-electron chi connectivity index (χ2n) is 12.5. The molecule has 2 aromatic carbocycles. The molecule has 1 spiro atoms. The van der Waals surface area contributed by atoms with E-state index in [1.165, 1.54) is 76.3 Å². The minimum absolute atomic E-state index is 0.0519. The molecule has 242 valence electrons. The van der Waals surface area contributed by atoms with E-state index >= 15 is 0 Å². The number of carbonyl (C=O) groups excluding carboxylic acids is 1. The zero-order valence-corrected chi connectivity index (χ0v) is 26.2. The van der Waals surface area contributed by atoms with Crippen molar-refractivity contribution >= 4 is 22.1 Å². The molecule has 44 heavy (non-hydrogen) atoms. The van der Waals surface area contributed by atoms with Crippen LogP contribution in [0.1, 0.15) is 80.1 Å². The van der Waals surface area contributed by atoms with Gasteiger partial charge in [-0.3, -0.25) is 10.1 Å². The van der Waals surface area contributed by atoms with E-state index in [0.717, 1.165) is 18.8 Å². The SMILES string of the molecule is O=C(NCCc1cccc(OS(=O)(=O)F)c1)c1cccc(NCC2NNC(C3CCNCC34CCCCCCCCC4)N2)c1. The van der Waals surface area contributed by atoms with Crippen LogP contribution in [0.4, 0.5) is 9.57 Å². The first-order valence-corrected chi connectivity index (χ1v) is 17.4. The van der Waals surface area contributed by atoms with E-state index in [1.807, 2.05) is 18.2 Å². The molecule has 6 N–H and O–H groups in total. The number of nitrogens with one attached hydrogen (secondary N) is 6. The zero-order valence-electron chi connectivity index (χ0n) is 25.4. The maximum Gasteiger partial charge on any atom is 0.488 e. The predicted octanol–water partition coefficient (Wildman–Crippen LogP) is 4.13. The van der Waals surface area contributed by atoms with Crippen LogP contribution in [-0.2, 0) is 16.9 Å². The van der Waals surface area contributed by atoms with Crippen molar-refractivity contribution in [2.75, 3.05) is 31.5 Å². The minimum atomic E-state index is -5.09. The largest absolute Gasteiger partial charge is 0.488 e. The first-order chi connectivity index (χ1) is 21.3. The van der Waals surface area contributed by atoms with Crippen LogP contribution in [-0.4, -0.2) is 52.8 Å². The minimum Gasteiger partial charge on any atom is -0.382 e. The molecular weight excluding hydrogens is 583 g/mol. The van der Waals surface area contributed by atoms with Crippen LogP contribution in [0.2, 0.25) is 0 Å². The monoisotopic (exact) mass is 630 g/mol. The molecule has 2 aliphatic heterocycles. The van der Waals surface area contributed by atoms with Gasteiger partial charge >= 0.3 is 10.5 Å². The number of piperidine rings is 1. The quantitative estimate of drug-likeness (QED) is 0.215. The molecule has 0 aromatic heterocycles. The first kappa shape index (κ1) is 32.6. The number of rotatable bonds is 10. The summed E-state index contributed by atoms with van der Waals surface area (Å²) < 4.78 is 38.6. The van der Waals surface area contributed by atoms with E-state index in [1.54, 1.807) is 18.2 Å². The fourth-order valence-electron chi connectivity index (χ4n) is 7.16. The van der Waals surface area contributed by atoms with E-state index < -0.39 is 10.5 Å². The van der Waals surface area contributed by atoms with Gasteiger partial charge in [-0.15, -0.1) is 0 Å². The van der Waals surface area contributed by atoms with Gasteiger partial charge in [0.05, 0.1) is 12.3 Å². The average molecular weight is 631 g/mol. The number of amides is 1. The highest BCUT2D eigenvalue weighted by molar-refractivity contribution is 7.81. The third kappa shape index (κ3) is 9.37. The summed E-state index contributed by atoms with van der Waals surface area (Å²) in [5, 5.41) is 13.9. The van der Waals surface area contributed by atoms with Gasteiger partial charge < -0.3 is 20.1 Å². The first-order valence-electron chi connectivity index (χ1n) is 16.1. The van der Waals surface area contributed by atoms with Gasteiger partial charge in [-0.1, -0.05) is 67.0 Å². The fraction of sp³-hybridized carbons (Fsp3) is 0.594. The summed E-state index contributed by atoms with van der Waals surface area (Å²) in [6.07, 6.45) is 13.9. The highest BCUT2D eigenvalue weighted by Crippen LogP contribution is 2.44. The Kier molecular flexibility index (Phi) is 11.5. The van der Waals surface area contributed by atoms with Crippen molar-refractivity contribution in [3.8, 4) is 5.75 Å². The Bertz CT molecular complexity index is 1340. The Labute approximate surface area is 261 Å². The van der Waals surface area contributed by atoms with Gasteiger partial charge in [0.2, 0.25) is 0 Å². The Hall–Kier alpha value is -2.77. The van der Waals surface area contributed by atoms with E-state index in [-0.39, 0.29) is 24.0 Å². The standard InChI is InChI=1S/C32H47FN6O4S/c33-44(41,42)43-27-13-8-10-24(20-27)14-19-35-31(40)25-11-9-12-26(21-25)36-22-29-37-30(39-38-29)28-15-18-34-23-32(28)16-6-4-2-1-3-5-7-17-32/h8-13,20-21,28-30,34,36-39H,1-7,14-19,22-23H2,(H,35,40). The molecule has 3 unspecified atom stereocenters. The molecule has 2 aromatic rings. The second-order valence-corrected chi connectivity index (χ2v) is 13.4. The molecule has 2 heterocycles. The second kappa shape index (κ2) is 15.5. The molecule has 0 radical (unpaired) electrons. The van der Waals surface area contributed by atoms with Gasteiger partial charge in [0.15, 0.2) is 0 Å². The topological polar surface area (TPSA) is 133 Å². The lowest BCUT2D eigenvalue weighted by atomic mass is 9.64. The van der Waals surface area contributed by atoms with Crippen molar-refractivity contribution in [3.63, 3.8) is 0 Å². The van der Waals surface area contributed by atoms with Gasteiger partial charge in [-0.25, -0.2) is 10.9 Å². The van der Waals surface area contributed by atoms with Crippen LogP contribution in [0.3, 0.4) is 0 Å². The van der Waals surface area contributed by atoms with Crippen molar-refractivity contribution in [2.45, 2.75) is 83.0 Å². The molecule has 3 aliphatic rings. The van der Waals surface area contributed by atoms with Gasteiger partial charge in [-0.05, 0) is 79.5 Å². The smallest absolute Gasteiger partial charge is 0.382 e. The summed E-state index contributed by atoms with van der Waals surface area (Å²) in [7, 11) is -5.09. The Morgan fingerprint density at radius 1 is 0.977 bits per heavy atom.